The maximum Gasteiger partial charge on any atom is 0.242 e. The number of nitrogens with one attached hydrogen (secondary N) is 1. The Balaban J connectivity index is 2.18. The van der Waals surface area contributed by atoms with Crippen LogP contribution in [0.25, 0.3) is 0 Å². The molecule has 2 aromatic rings. The zero-order valence-electron chi connectivity index (χ0n) is 20.8. The maximum atomic E-state index is 13.7. The fourth-order valence-electron chi connectivity index (χ4n) is 3.48. The second-order valence-electron chi connectivity index (χ2n) is 8.68. The van der Waals surface area contributed by atoms with Crippen LogP contribution < -0.4 is 9.62 Å². The molecule has 198 valence electrons. The molecule has 2 rings (SSSR count). The second kappa shape index (κ2) is 13.1. The van der Waals surface area contributed by atoms with Gasteiger partial charge in [-0.05, 0) is 56.5 Å². The monoisotopic (exact) mass is 587 g/mol. The molecule has 0 radical (unpaired) electrons. The van der Waals surface area contributed by atoms with Crippen molar-refractivity contribution < 1.29 is 26.8 Å². The van der Waals surface area contributed by atoms with Crippen LogP contribution in [-0.2, 0) is 26.2 Å². The van der Waals surface area contributed by atoms with Gasteiger partial charge in [-0.1, -0.05) is 35.0 Å². The first-order valence-electron chi connectivity index (χ1n) is 11.6. The van der Waals surface area contributed by atoms with E-state index >= 15 is 0 Å². The lowest BCUT2D eigenvalue weighted by Crippen LogP contribution is -2.49. The zero-order chi connectivity index (χ0) is 27.0. The Kier molecular flexibility index (Phi) is 10.8. The molecule has 0 bridgehead atoms. The van der Waals surface area contributed by atoms with E-state index in [1.165, 1.54) is 11.0 Å². The van der Waals surface area contributed by atoms with Crippen molar-refractivity contribution in [1.29, 1.82) is 0 Å². The van der Waals surface area contributed by atoms with Gasteiger partial charge in [0.05, 0.1) is 11.9 Å². The highest BCUT2D eigenvalue weighted by Crippen LogP contribution is 2.22. The van der Waals surface area contributed by atoms with Crippen molar-refractivity contribution in [3.05, 3.63) is 64.1 Å². The Morgan fingerprint density at radius 2 is 1.69 bits per heavy atom. The van der Waals surface area contributed by atoms with E-state index in [4.69, 9.17) is 0 Å². The van der Waals surface area contributed by atoms with Crippen molar-refractivity contribution >= 4 is 43.5 Å². The summed E-state index contributed by atoms with van der Waals surface area (Å²) in [6, 6.07) is 9.39. The molecule has 0 aliphatic carbocycles. The minimum atomic E-state index is -3.81. The highest BCUT2D eigenvalue weighted by molar-refractivity contribution is 9.10. The number of sulfonamides is 1. The van der Waals surface area contributed by atoms with Crippen molar-refractivity contribution in [2.75, 3.05) is 17.1 Å². The van der Waals surface area contributed by atoms with E-state index in [9.17, 15) is 26.8 Å². The molecule has 2 atom stereocenters. The van der Waals surface area contributed by atoms with Crippen molar-refractivity contribution in [3.63, 3.8) is 0 Å². The number of rotatable bonds is 12. The molecule has 2 amide bonds. The van der Waals surface area contributed by atoms with Crippen LogP contribution in [0, 0.1) is 11.6 Å². The number of anilines is 1. The summed E-state index contributed by atoms with van der Waals surface area (Å²) in [7, 11) is -3.81. The van der Waals surface area contributed by atoms with E-state index in [1.54, 1.807) is 6.92 Å². The summed E-state index contributed by atoms with van der Waals surface area (Å²) < 4.78 is 53.4. The summed E-state index contributed by atoms with van der Waals surface area (Å²) in [6.07, 6.45) is 1.76. The molecule has 0 saturated heterocycles. The van der Waals surface area contributed by atoms with Gasteiger partial charge >= 0.3 is 0 Å². The minimum absolute atomic E-state index is 0.0307. The number of carbonyl (C=O) groups excluding carboxylic acids is 2. The lowest BCUT2D eigenvalue weighted by molar-refractivity contribution is -0.140. The lowest BCUT2D eigenvalue weighted by atomic mass is 10.1. The first kappa shape index (κ1) is 29.7. The van der Waals surface area contributed by atoms with Crippen LogP contribution in [-0.4, -0.2) is 50.0 Å². The summed E-state index contributed by atoms with van der Waals surface area (Å²) >= 11 is 3.38. The molecule has 0 saturated carbocycles. The molecule has 0 aliphatic rings. The van der Waals surface area contributed by atoms with Gasteiger partial charge in [-0.3, -0.25) is 13.9 Å². The highest BCUT2D eigenvalue weighted by Gasteiger charge is 2.27. The Morgan fingerprint density at radius 1 is 1.06 bits per heavy atom. The Bertz CT molecular complexity index is 1160. The molecule has 11 heteroatoms. The van der Waals surface area contributed by atoms with Gasteiger partial charge in [0.15, 0.2) is 11.6 Å². The van der Waals surface area contributed by atoms with E-state index in [0.29, 0.717) is 0 Å². The number of halogens is 3. The molecule has 36 heavy (non-hydrogen) atoms. The minimum Gasteiger partial charge on any atom is -0.352 e. The van der Waals surface area contributed by atoms with E-state index in [-0.39, 0.29) is 49.5 Å². The number of hydrogen-bond acceptors (Lipinski definition) is 4. The van der Waals surface area contributed by atoms with Gasteiger partial charge < -0.3 is 10.2 Å². The van der Waals surface area contributed by atoms with Crippen molar-refractivity contribution in [3.8, 4) is 0 Å². The quantitative estimate of drug-likeness (QED) is 0.393. The van der Waals surface area contributed by atoms with Crippen LogP contribution in [0.4, 0.5) is 14.5 Å². The zero-order valence-corrected chi connectivity index (χ0v) is 23.2. The number of carbonyl (C=O) groups is 2. The Morgan fingerprint density at radius 3 is 2.25 bits per heavy atom. The predicted octanol–water partition coefficient (Wildman–Crippen LogP) is 4.61. The topological polar surface area (TPSA) is 86.8 Å². The third kappa shape index (κ3) is 8.55. The fraction of sp³-hybridized carbons (Fsp3) is 0.440. The molecular weight excluding hydrogens is 556 g/mol. The summed E-state index contributed by atoms with van der Waals surface area (Å²) in [6.45, 7) is 5.55. The van der Waals surface area contributed by atoms with Gasteiger partial charge in [0.25, 0.3) is 0 Å². The molecule has 7 nitrogen and oxygen atoms in total. The Labute approximate surface area is 220 Å². The molecule has 2 aromatic carbocycles. The van der Waals surface area contributed by atoms with Crippen LogP contribution in [0.1, 0.15) is 45.6 Å². The average Bonchev–Trinajstić information content (AvgIpc) is 2.81. The van der Waals surface area contributed by atoms with Crippen molar-refractivity contribution in [2.24, 2.45) is 0 Å². The molecule has 1 N–H and O–H groups in total. The maximum absolute atomic E-state index is 13.7. The highest BCUT2D eigenvalue weighted by atomic mass is 79.9. The van der Waals surface area contributed by atoms with Crippen LogP contribution in [0.2, 0.25) is 0 Å². The van der Waals surface area contributed by atoms with Crippen molar-refractivity contribution in [2.45, 2.75) is 58.7 Å². The number of hydrogen-bond donors (Lipinski definition) is 1. The first-order valence-corrected chi connectivity index (χ1v) is 14.2. The normalized spacial score (nSPS) is 13.1. The van der Waals surface area contributed by atoms with Crippen LogP contribution >= 0.6 is 15.9 Å². The predicted molar refractivity (Wildman–Crippen MR) is 140 cm³/mol. The van der Waals surface area contributed by atoms with E-state index in [2.05, 4.69) is 21.2 Å². The van der Waals surface area contributed by atoms with Gasteiger partial charge in [-0.25, -0.2) is 17.2 Å². The van der Waals surface area contributed by atoms with E-state index < -0.39 is 27.7 Å². The lowest BCUT2D eigenvalue weighted by Gasteiger charge is -2.30. The fourth-order valence-corrected chi connectivity index (χ4v) is 4.70. The second-order valence-corrected chi connectivity index (χ2v) is 11.5. The van der Waals surface area contributed by atoms with Gasteiger partial charge in [0.1, 0.15) is 6.04 Å². The smallest absolute Gasteiger partial charge is 0.242 e. The largest absolute Gasteiger partial charge is 0.352 e. The molecule has 0 heterocycles. The third-order valence-corrected chi connectivity index (χ3v) is 7.50. The molecule has 0 unspecified atom stereocenters. The Hall–Kier alpha value is -2.53. The third-order valence-electron chi connectivity index (χ3n) is 5.78. The summed E-state index contributed by atoms with van der Waals surface area (Å²) in [5.74, 6) is -2.87. The first-order chi connectivity index (χ1) is 16.8. The SMILES string of the molecule is CC[C@@H](C)NC(=O)[C@H](C)N(Cc1ccc(Br)cc1)C(=O)CCCN(c1ccc(F)c(F)c1)S(C)(=O)=O. The molecular formula is C25H32BrF2N3O4S. The summed E-state index contributed by atoms with van der Waals surface area (Å²) in [5.41, 5.74) is 0.797. The van der Waals surface area contributed by atoms with Gasteiger partial charge in [-0.15, -0.1) is 0 Å². The molecule has 0 spiro atoms. The molecule has 0 fully saturated rings. The summed E-state index contributed by atoms with van der Waals surface area (Å²) in [4.78, 5) is 27.5. The summed E-state index contributed by atoms with van der Waals surface area (Å²) in [5, 5.41) is 2.89. The van der Waals surface area contributed by atoms with Crippen LogP contribution in [0.3, 0.4) is 0 Å². The molecule has 0 aromatic heterocycles. The van der Waals surface area contributed by atoms with Gasteiger partial charge in [-0.2, -0.15) is 0 Å². The van der Waals surface area contributed by atoms with E-state index in [0.717, 1.165) is 39.2 Å². The average molecular weight is 589 g/mol. The number of amides is 2. The van der Waals surface area contributed by atoms with Crippen LogP contribution in [0.5, 0.6) is 0 Å². The van der Waals surface area contributed by atoms with Crippen LogP contribution in [0.15, 0.2) is 46.9 Å². The molecule has 0 aliphatic heterocycles. The standard InChI is InChI=1S/C25H32BrF2N3O4S/c1-5-17(2)29-25(33)18(3)30(16-19-8-10-20(26)11-9-19)24(32)7-6-14-31(36(4,34)35)21-12-13-22(27)23(28)15-21/h8-13,15,17-18H,5-7,14,16H2,1-4H3,(H,29,33)/t17-,18+/m1/s1. The number of benzene rings is 2. The van der Waals surface area contributed by atoms with Crippen molar-refractivity contribution in [1.82, 2.24) is 10.2 Å². The van der Waals surface area contributed by atoms with Gasteiger partial charge in [0.2, 0.25) is 21.8 Å². The van der Waals surface area contributed by atoms with E-state index in [1.807, 2.05) is 38.1 Å². The van der Waals surface area contributed by atoms with Gasteiger partial charge in [0, 0.05) is 36.1 Å². The number of nitrogens with zero attached hydrogens (tertiary/aromatic N) is 2.